The molecule has 1 aliphatic heterocycles. The fraction of sp³-hybridized carbons (Fsp3) is 0.242. The summed E-state index contributed by atoms with van der Waals surface area (Å²) in [5, 5.41) is 2.99. The number of hydrogen-bond donors (Lipinski definition) is 0. The maximum absolute atomic E-state index is 12.8. The van der Waals surface area contributed by atoms with Crippen molar-refractivity contribution in [3.63, 3.8) is 0 Å². The molecule has 1 aliphatic rings. The van der Waals surface area contributed by atoms with Crippen LogP contribution in [0.15, 0.2) is 121 Å². The molecule has 4 aromatic carbocycles. The zero-order valence-corrected chi connectivity index (χ0v) is 22.3. The molecule has 0 aromatic heterocycles. The van der Waals surface area contributed by atoms with E-state index in [0.717, 1.165) is 37.7 Å². The van der Waals surface area contributed by atoms with Crippen LogP contribution < -0.4 is 10.6 Å². The first-order chi connectivity index (χ1) is 18.2. The van der Waals surface area contributed by atoms with E-state index in [0.29, 0.717) is 12.5 Å². The Morgan fingerprint density at radius 2 is 1.14 bits per heavy atom. The van der Waals surface area contributed by atoms with Gasteiger partial charge in [-0.15, -0.1) is 0 Å². The summed E-state index contributed by atoms with van der Waals surface area (Å²) in [5.41, 5.74) is 2.43. The molecule has 4 aromatic rings. The van der Waals surface area contributed by atoms with Crippen molar-refractivity contribution in [3.8, 4) is 0 Å². The minimum absolute atomic E-state index is 0.193. The molecule has 37 heavy (non-hydrogen) atoms. The SMILES string of the molecule is O=C(OCc1ccccc1)N1CCC(C[PH](Cc2ccccc2)(c2ccccc2)c2ccccc2)CC1. The van der Waals surface area contributed by atoms with Gasteiger partial charge >= 0.3 is 222 Å². The normalized spacial score (nSPS) is 14.8. The van der Waals surface area contributed by atoms with Crippen molar-refractivity contribution in [1.29, 1.82) is 0 Å². The van der Waals surface area contributed by atoms with Gasteiger partial charge in [-0.3, -0.25) is 0 Å². The van der Waals surface area contributed by atoms with Crippen LogP contribution in [0.25, 0.3) is 0 Å². The molecule has 0 bridgehead atoms. The molecule has 0 aliphatic carbocycles. The summed E-state index contributed by atoms with van der Waals surface area (Å²) in [6, 6.07) is 43.3. The molecule has 0 radical (unpaired) electrons. The quantitative estimate of drug-likeness (QED) is 0.249. The van der Waals surface area contributed by atoms with E-state index < -0.39 is 7.26 Å². The van der Waals surface area contributed by atoms with Crippen LogP contribution in [0, 0.1) is 5.92 Å². The second-order valence-electron chi connectivity index (χ2n) is 10.2. The van der Waals surface area contributed by atoms with E-state index >= 15 is 0 Å². The second kappa shape index (κ2) is 12.2. The topological polar surface area (TPSA) is 29.5 Å². The molecule has 1 fully saturated rings. The second-order valence-corrected chi connectivity index (χ2v) is 14.2. The third kappa shape index (κ3) is 6.29. The molecule has 0 spiro atoms. The molecule has 0 saturated carbocycles. The average Bonchev–Trinajstić information content (AvgIpc) is 2.98. The van der Waals surface area contributed by atoms with E-state index in [1.807, 2.05) is 35.2 Å². The van der Waals surface area contributed by atoms with Crippen molar-refractivity contribution in [2.45, 2.75) is 25.6 Å². The first kappa shape index (κ1) is 25.2. The fourth-order valence-electron chi connectivity index (χ4n) is 5.76. The number of rotatable bonds is 8. The monoisotopic (exact) mass is 509 g/mol. The zero-order chi connectivity index (χ0) is 25.3. The summed E-state index contributed by atoms with van der Waals surface area (Å²) in [5.74, 6) is 0.578. The number of hydrogen-bond acceptors (Lipinski definition) is 2. The molecule has 4 heteroatoms. The summed E-state index contributed by atoms with van der Waals surface area (Å²) >= 11 is 0. The van der Waals surface area contributed by atoms with Crippen molar-refractivity contribution in [3.05, 3.63) is 132 Å². The van der Waals surface area contributed by atoms with Crippen molar-refractivity contribution in [2.24, 2.45) is 5.92 Å². The molecule has 0 N–H and O–H groups in total. The van der Waals surface area contributed by atoms with Gasteiger partial charge in [0.2, 0.25) is 0 Å². The first-order valence-corrected chi connectivity index (χ1v) is 15.7. The molecule has 1 saturated heterocycles. The van der Waals surface area contributed by atoms with Gasteiger partial charge in [0, 0.05) is 0 Å². The molecule has 1 heterocycles. The van der Waals surface area contributed by atoms with Gasteiger partial charge < -0.3 is 0 Å². The number of nitrogens with zero attached hydrogens (tertiary/aromatic N) is 1. The number of ether oxygens (including phenoxy) is 1. The molecule has 1 amide bonds. The Balaban J connectivity index is 1.34. The summed E-state index contributed by atoms with van der Waals surface area (Å²) in [6.07, 6.45) is 4.11. The Bertz CT molecular complexity index is 1200. The van der Waals surface area contributed by atoms with Crippen molar-refractivity contribution in [1.82, 2.24) is 4.90 Å². The van der Waals surface area contributed by atoms with Crippen LogP contribution in [0.4, 0.5) is 4.79 Å². The van der Waals surface area contributed by atoms with Gasteiger partial charge in [0.05, 0.1) is 0 Å². The van der Waals surface area contributed by atoms with Crippen LogP contribution in [0.1, 0.15) is 24.0 Å². The van der Waals surface area contributed by atoms with Gasteiger partial charge in [-0.05, 0) is 0 Å². The summed E-state index contributed by atoms with van der Waals surface area (Å²) in [6.45, 7) is 1.85. The van der Waals surface area contributed by atoms with E-state index in [2.05, 4.69) is 91.0 Å². The van der Waals surface area contributed by atoms with Crippen molar-refractivity contribution < 1.29 is 9.53 Å². The molecular formula is C33H36NO2P. The number of piperidine rings is 1. The molecular weight excluding hydrogens is 473 g/mol. The van der Waals surface area contributed by atoms with E-state index in [4.69, 9.17) is 4.74 Å². The zero-order valence-electron chi connectivity index (χ0n) is 21.3. The van der Waals surface area contributed by atoms with Crippen LogP contribution in [-0.2, 0) is 17.5 Å². The summed E-state index contributed by atoms with van der Waals surface area (Å²) in [4.78, 5) is 14.7. The number of benzene rings is 4. The molecule has 3 nitrogen and oxygen atoms in total. The Kier molecular flexibility index (Phi) is 8.33. The molecule has 190 valence electrons. The Labute approximate surface area is 221 Å². The fourth-order valence-corrected chi connectivity index (χ4v) is 11.1. The van der Waals surface area contributed by atoms with Crippen LogP contribution in [0.5, 0.6) is 0 Å². The van der Waals surface area contributed by atoms with E-state index in [-0.39, 0.29) is 6.09 Å². The Hall–Kier alpha value is -3.42. The van der Waals surface area contributed by atoms with Gasteiger partial charge in [-0.2, -0.15) is 0 Å². The van der Waals surface area contributed by atoms with Gasteiger partial charge in [0.15, 0.2) is 0 Å². The van der Waals surface area contributed by atoms with Crippen LogP contribution in [0.2, 0.25) is 0 Å². The predicted octanol–water partition coefficient (Wildman–Crippen LogP) is 6.64. The number of likely N-dealkylation sites (tertiary alicyclic amines) is 1. The summed E-state index contributed by atoms with van der Waals surface area (Å²) in [7, 11) is -2.12. The number of carbonyl (C=O) groups excluding carboxylic acids is 1. The predicted molar refractivity (Wildman–Crippen MR) is 156 cm³/mol. The van der Waals surface area contributed by atoms with Gasteiger partial charge in [0.1, 0.15) is 0 Å². The Morgan fingerprint density at radius 1 is 0.676 bits per heavy atom. The minimum atomic E-state index is -2.12. The van der Waals surface area contributed by atoms with Gasteiger partial charge in [-0.1, -0.05) is 0 Å². The third-order valence-electron chi connectivity index (χ3n) is 7.72. The number of carbonyl (C=O) groups is 1. The van der Waals surface area contributed by atoms with Crippen molar-refractivity contribution >= 4 is 24.0 Å². The van der Waals surface area contributed by atoms with Crippen LogP contribution in [0.3, 0.4) is 0 Å². The van der Waals surface area contributed by atoms with Gasteiger partial charge in [0.25, 0.3) is 0 Å². The molecule has 0 atom stereocenters. The molecule has 5 rings (SSSR count). The maximum atomic E-state index is 12.8. The molecule has 0 unspecified atom stereocenters. The Morgan fingerprint density at radius 3 is 1.65 bits per heavy atom. The standard InChI is InChI=1S/C33H36NO2P/c35-33(36-25-28-13-5-1-6-14-28)34-23-21-30(22-24-34)27-37(31-17-9-3-10-18-31,32-19-11-4-12-20-32)26-29-15-7-2-8-16-29/h1-20,30,37H,21-27H2. The average molecular weight is 510 g/mol. The van der Waals surface area contributed by atoms with Crippen LogP contribution in [-0.4, -0.2) is 30.2 Å². The first-order valence-electron chi connectivity index (χ1n) is 13.3. The van der Waals surface area contributed by atoms with Crippen molar-refractivity contribution in [2.75, 3.05) is 19.3 Å². The van der Waals surface area contributed by atoms with E-state index in [1.165, 1.54) is 22.3 Å². The van der Waals surface area contributed by atoms with E-state index in [1.54, 1.807) is 0 Å². The summed E-state index contributed by atoms with van der Waals surface area (Å²) < 4.78 is 5.62. The number of amides is 1. The van der Waals surface area contributed by atoms with Crippen LogP contribution >= 0.6 is 7.26 Å². The van der Waals surface area contributed by atoms with E-state index in [9.17, 15) is 4.79 Å². The van der Waals surface area contributed by atoms with Gasteiger partial charge in [-0.25, -0.2) is 0 Å². The third-order valence-corrected chi connectivity index (χ3v) is 12.9.